The fraction of sp³-hybridized carbons (Fsp3) is 0.389. The molecule has 2 N–H and O–H groups in total. The van der Waals surface area contributed by atoms with Gasteiger partial charge < -0.3 is 10.2 Å². The first-order chi connectivity index (χ1) is 10.1. The van der Waals surface area contributed by atoms with Crippen LogP contribution in [0.5, 0.6) is 11.5 Å². The van der Waals surface area contributed by atoms with Gasteiger partial charge in [-0.2, -0.15) is 0 Å². The topological polar surface area (TPSA) is 57.5 Å². The smallest absolute Gasteiger partial charge is 0.165 e. The van der Waals surface area contributed by atoms with E-state index in [9.17, 15) is 15.0 Å². The van der Waals surface area contributed by atoms with E-state index in [1.54, 1.807) is 6.07 Å². The summed E-state index contributed by atoms with van der Waals surface area (Å²) < 4.78 is 0. The Balaban J connectivity index is 2.61. The maximum Gasteiger partial charge on any atom is 0.165 e. The van der Waals surface area contributed by atoms with Gasteiger partial charge in [-0.3, -0.25) is 4.79 Å². The molecule has 2 aromatic carbocycles. The lowest BCUT2D eigenvalue weighted by molar-refractivity contribution is 0.0982. The van der Waals surface area contributed by atoms with Gasteiger partial charge in [-0.25, -0.2) is 0 Å². The molecule has 0 aromatic heterocycles. The maximum atomic E-state index is 12.2. The van der Waals surface area contributed by atoms with Crippen LogP contribution < -0.4 is 0 Å². The van der Waals surface area contributed by atoms with Crippen molar-refractivity contribution < 1.29 is 15.0 Å². The van der Waals surface area contributed by atoms with E-state index in [1.165, 1.54) is 6.07 Å². The van der Waals surface area contributed by atoms with Crippen molar-refractivity contribution in [3.8, 4) is 11.5 Å². The summed E-state index contributed by atoms with van der Waals surface area (Å²) in [5, 5.41) is 21.2. The van der Waals surface area contributed by atoms with Crippen molar-refractivity contribution in [3.63, 3.8) is 0 Å². The van der Waals surface area contributed by atoms with Gasteiger partial charge in [0.15, 0.2) is 17.3 Å². The van der Waals surface area contributed by atoms with E-state index in [-0.39, 0.29) is 17.3 Å². The summed E-state index contributed by atoms with van der Waals surface area (Å²) in [6.07, 6.45) is 4.26. The molecule has 0 bridgehead atoms. The Morgan fingerprint density at radius 2 is 1.81 bits per heavy atom. The summed E-state index contributed by atoms with van der Waals surface area (Å²) in [6, 6.07) is 6.94. The van der Waals surface area contributed by atoms with Crippen molar-refractivity contribution >= 4 is 16.6 Å². The van der Waals surface area contributed by atoms with Crippen LogP contribution in [0.3, 0.4) is 0 Å². The third kappa shape index (κ3) is 3.18. The van der Waals surface area contributed by atoms with Gasteiger partial charge in [-0.05, 0) is 48.4 Å². The fourth-order valence-electron chi connectivity index (χ4n) is 2.59. The molecule has 0 spiro atoms. The summed E-state index contributed by atoms with van der Waals surface area (Å²) in [6.45, 7) is 4.10. The standard InChI is InChI=1S/C18H22O3/c1-3-5-7-12-10-13(16(19)6-4-2)11-15-14(12)8-9-17(20)18(15)21/h8-11,20-21H,3-7H2,1-2H3. The quantitative estimate of drug-likeness (QED) is 0.604. The van der Waals surface area contributed by atoms with Crippen LogP contribution in [0.4, 0.5) is 0 Å². The van der Waals surface area contributed by atoms with Crippen LogP contribution in [0.1, 0.15) is 55.5 Å². The molecule has 21 heavy (non-hydrogen) atoms. The zero-order valence-corrected chi connectivity index (χ0v) is 12.6. The number of fused-ring (bicyclic) bond motifs is 1. The van der Waals surface area contributed by atoms with Crippen molar-refractivity contribution in [1.82, 2.24) is 0 Å². The monoisotopic (exact) mass is 286 g/mol. The molecular weight excluding hydrogens is 264 g/mol. The van der Waals surface area contributed by atoms with Crippen molar-refractivity contribution in [2.45, 2.75) is 46.0 Å². The van der Waals surface area contributed by atoms with Crippen LogP contribution in [0, 0.1) is 0 Å². The second-order valence-corrected chi connectivity index (χ2v) is 5.44. The van der Waals surface area contributed by atoms with Gasteiger partial charge in [0.25, 0.3) is 0 Å². The molecule has 2 aromatic rings. The lowest BCUT2D eigenvalue weighted by Gasteiger charge is -2.11. The molecule has 0 heterocycles. The number of carbonyl (C=O) groups excluding carboxylic acids is 1. The van der Waals surface area contributed by atoms with E-state index in [2.05, 4.69) is 6.92 Å². The van der Waals surface area contributed by atoms with Crippen molar-refractivity contribution in [3.05, 3.63) is 35.4 Å². The number of phenolic OH excluding ortho intramolecular Hbond substituents is 2. The Kier molecular flexibility index (Phi) is 4.84. The Morgan fingerprint density at radius 3 is 2.48 bits per heavy atom. The molecule has 112 valence electrons. The lowest BCUT2D eigenvalue weighted by atomic mass is 9.94. The summed E-state index contributed by atoms with van der Waals surface area (Å²) >= 11 is 0. The molecule has 0 aliphatic heterocycles. The van der Waals surface area contributed by atoms with Gasteiger partial charge >= 0.3 is 0 Å². The van der Waals surface area contributed by atoms with Gasteiger partial charge in [0.05, 0.1) is 0 Å². The Hall–Kier alpha value is -2.03. The molecule has 3 nitrogen and oxygen atoms in total. The highest BCUT2D eigenvalue weighted by Crippen LogP contribution is 2.36. The summed E-state index contributed by atoms with van der Waals surface area (Å²) in [5.74, 6) is -0.208. The number of carbonyl (C=O) groups is 1. The van der Waals surface area contributed by atoms with Crippen LogP contribution in [0.25, 0.3) is 10.8 Å². The first-order valence-corrected chi connectivity index (χ1v) is 7.59. The normalized spacial score (nSPS) is 11.0. The van der Waals surface area contributed by atoms with E-state index >= 15 is 0 Å². The molecule has 0 saturated carbocycles. The first kappa shape index (κ1) is 15.4. The van der Waals surface area contributed by atoms with Gasteiger partial charge in [-0.1, -0.05) is 26.3 Å². The van der Waals surface area contributed by atoms with E-state index < -0.39 is 0 Å². The second-order valence-electron chi connectivity index (χ2n) is 5.44. The highest BCUT2D eigenvalue weighted by molar-refractivity contribution is 6.03. The van der Waals surface area contributed by atoms with Crippen LogP contribution in [0.2, 0.25) is 0 Å². The molecule has 0 aliphatic rings. The number of phenols is 2. The number of benzene rings is 2. The van der Waals surface area contributed by atoms with Crippen molar-refractivity contribution in [1.29, 1.82) is 0 Å². The molecular formula is C18H22O3. The molecule has 0 saturated heterocycles. The predicted octanol–water partition coefficient (Wildman–Crippen LogP) is 4.58. The van der Waals surface area contributed by atoms with E-state index in [0.717, 1.165) is 36.6 Å². The number of hydrogen-bond donors (Lipinski definition) is 2. The van der Waals surface area contributed by atoms with Crippen molar-refractivity contribution in [2.75, 3.05) is 0 Å². The number of rotatable bonds is 6. The highest BCUT2D eigenvalue weighted by atomic mass is 16.3. The van der Waals surface area contributed by atoms with Crippen LogP contribution in [-0.2, 0) is 6.42 Å². The molecule has 0 radical (unpaired) electrons. The SMILES string of the molecule is CCCCc1cc(C(=O)CCC)cc2c(O)c(O)ccc12. The molecule has 3 heteroatoms. The van der Waals surface area contributed by atoms with Crippen molar-refractivity contribution in [2.24, 2.45) is 0 Å². The molecule has 0 amide bonds. The zero-order chi connectivity index (χ0) is 15.4. The lowest BCUT2D eigenvalue weighted by Crippen LogP contribution is -2.00. The molecule has 0 fully saturated rings. The highest BCUT2D eigenvalue weighted by Gasteiger charge is 2.13. The largest absolute Gasteiger partial charge is 0.504 e. The minimum Gasteiger partial charge on any atom is -0.504 e. The maximum absolute atomic E-state index is 12.2. The molecule has 0 unspecified atom stereocenters. The van der Waals surface area contributed by atoms with Gasteiger partial charge in [0.1, 0.15) is 0 Å². The molecule has 0 aliphatic carbocycles. The van der Waals surface area contributed by atoms with E-state index in [1.807, 2.05) is 19.1 Å². The number of hydrogen-bond acceptors (Lipinski definition) is 3. The Morgan fingerprint density at radius 1 is 1.05 bits per heavy atom. The fourth-order valence-corrected chi connectivity index (χ4v) is 2.59. The summed E-state index contributed by atoms with van der Waals surface area (Å²) in [4.78, 5) is 12.2. The number of Topliss-reactive ketones (excluding diaryl/α,β-unsaturated/α-hetero) is 1. The Labute approximate surface area is 125 Å². The van der Waals surface area contributed by atoms with E-state index in [4.69, 9.17) is 0 Å². The number of aromatic hydroxyl groups is 2. The minimum absolute atomic E-state index is 0.0832. The minimum atomic E-state index is -0.149. The third-order valence-electron chi connectivity index (χ3n) is 3.77. The van der Waals surface area contributed by atoms with Crippen LogP contribution >= 0.6 is 0 Å². The van der Waals surface area contributed by atoms with Gasteiger partial charge in [-0.15, -0.1) is 0 Å². The predicted molar refractivity (Wildman–Crippen MR) is 85.1 cm³/mol. The van der Waals surface area contributed by atoms with Gasteiger partial charge in [0, 0.05) is 17.4 Å². The van der Waals surface area contributed by atoms with E-state index in [0.29, 0.717) is 17.4 Å². The summed E-state index contributed by atoms with van der Waals surface area (Å²) in [5.41, 5.74) is 1.68. The average molecular weight is 286 g/mol. The van der Waals surface area contributed by atoms with Crippen LogP contribution in [0.15, 0.2) is 24.3 Å². The third-order valence-corrected chi connectivity index (χ3v) is 3.77. The first-order valence-electron chi connectivity index (χ1n) is 7.59. The summed E-state index contributed by atoms with van der Waals surface area (Å²) in [7, 11) is 0. The average Bonchev–Trinajstić information content (AvgIpc) is 2.48. The molecule has 2 rings (SSSR count). The number of ketones is 1. The molecule has 0 atom stereocenters. The Bertz CT molecular complexity index is 659. The zero-order valence-electron chi connectivity index (χ0n) is 12.6. The van der Waals surface area contributed by atoms with Gasteiger partial charge in [0.2, 0.25) is 0 Å². The number of aryl methyl sites for hydroxylation is 1. The van der Waals surface area contributed by atoms with Crippen LogP contribution in [-0.4, -0.2) is 16.0 Å². The second kappa shape index (κ2) is 6.61. The number of unbranched alkanes of at least 4 members (excludes halogenated alkanes) is 1.